The van der Waals surface area contributed by atoms with Crippen LogP contribution < -0.4 is 20.4 Å². The van der Waals surface area contributed by atoms with Gasteiger partial charge in [-0.05, 0) is 55.7 Å². The van der Waals surface area contributed by atoms with Crippen LogP contribution in [0.4, 0.5) is 27.5 Å². The minimum absolute atomic E-state index is 0.137. The molecule has 2 unspecified atom stereocenters. The molecule has 1 aliphatic carbocycles. The van der Waals surface area contributed by atoms with Gasteiger partial charge in [0.25, 0.3) is 11.8 Å². The highest BCUT2D eigenvalue weighted by Gasteiger charge is 2.43. The van der Waals surface area contributed by atoms with Crippen molar-refractivity contribution >= 4 is 40.6 Å². The number of carbonyl (C=O) groups excluding carboxylic acids is 3. The molecule has 1 heterocycles. The van der Waals surface area contributed by atoms with Gasteiger partial charge < -0.3 is 15.5 Å². The van der Waals surface area contributed by atoms with Crippen LogP contribution in [0, 0.1) is 5.92 Å². The van der Waals surface area contributed by atoms with Gasteiger partial charge in [0.05, 0.1) is 11.4 Å². The van der Waals surface area contributed by atoms with Crippen molar-refractivity contribution < 1.29 is 14.4 Å². The second kappa shape index (κ2) is 10.9. The summed E-state index contributed by atoms with van der Waals surface area (Å²) in [5.41, 5.74) is 2.50. The first-order chi connectivity index (χ1) is 18.0. The van der Waals surface area contributed by atoms with Gasteiger partial charge in [-0.1, -0.05) is 74.2 Å². The van der Waals surface area contributed by atoms with Gasteiger partial charge in [-0.3, -0.25) is 14.5 Å². The van der Waals surface area contributed by atoms with Gasteiger partial charge in [0.2, 0.25) is 0 Å². The predicted octanol–water partition coefficient (Wildman–Crippen LogP) is 5.86. The fourth-order valence-electron chi connectivity index (χ4n) is 5.54. The maximum Gasteiger partial charge on any atom is 0.320 e. The monoisotopic (exact) mass is 496 g/mol. The van der Waals surface area contributed by atoms with Gasteiger partial charge in [-0.15, -0.1) is 0 Å². The summed E-state index contributed by atoms with van der Waals surface area (Å²) in [7, 11) is 0. The van der Waals surface area contributed by atoms with E-state index in [1.807, 2.05) is 67.6 Å². The zero-order chi connectivity index (χ0) is 25.8. The summed E-state index contributed by atoms with van der Waals surface area (Å²) in [6.07, 6.45) is 5.59. The molecule has 3 aromatic carbocycles. The van der Waals surface area contributed by atoms with Gasteiger partial charge in [-0.25, -0.2) is 4.79 Å². The first-order valence-corrected chi connectivity index (χ1v) is 13.0. The maximum absolute atomic E-state index is 14.1. The second-order valence-corrected chi connectivity index (χ2v) is 9.84. The number of nitrogens with one attached hydrogen (secondary N) is 2. The topological polar surface area (TPSA) is 81.8 Å². The minimum atomic E-state index is -1.39. The van der Waals surface area contributed by atoms with Crippen LogP contribution in [0.5, 0.6) is 0 Å². The number of benzene rings is 3. The number of rotatable bonds is 6. The Hall–Kier alpha value is -4.13. The fraction of sp³-hybridized carbons (Fsp3) is 0.300. The summed E-state index contributed by atoms with van der Waals surface area (Å²) in [5.74, 6) is -0.376. The summed E-state index contributed by atoms with van der Waals surface area (Å²) in [5, 5.41) is 5.43. The van der Waals surface area contributed by atoms with E-state index >= 15 is 0 Å². The fourth-order valence-corrected chi connectivity index (χ4v) is 5.54. The van der Waals surface area contributed by atoms with Crippen LogP contribution in [0.25, 0.3) is 0 Å². The van der Waals surface area contributed by atoms with E-state index in [1.54, 1.807) is 34.1 Å². The molecule has 7 heteroatoms. The predicted molar refractivity (Wildman–Crippen MR) is 146 cm³/mol. The van der Waals surface area contributed by atoms with Crippen molar-refractivity contribution in [3.05, 3.63) is 84.9 Å². The van der Waals surface area contributed by atoms with Crippen LogP contribution in [0.1, 0.15) is 39.0 Å². The molecular formula is C30H32N4O3. The molecule has 2 aliphatic rings. The Morgan fingerprint density at radius 1 is 0.838 bits per heavy atom. The lowest BCUT2D eigenvalue weighted by Crippen LogP contribution is -2.57. The Bertz CT molecular complexity index is 1260. The van der Waals surface area contributed by atoms with Crippen molar-refractivity contribution in [2.24, 2.45) is 5.92 Å². The Labute approximate surface area is 217 Å². The molecule has 7 nitrogen and oxygen atoms in total. The Balaban J connectivity index is 1.54. The van der Waals surface area contributed by atoms with Gasteiger partial charge >= 0.3 is 6.03 Å². The third kappa shape index (κ3) is 5.21. The number of fused-ring (bicyclic) bond motifs is 1. The van der Waals surface area contributed by atoms with E-state index in [0.717, 1.165) is 19.3 Å². The van der Waals surface area contributed by atoms with Crippen LogP contribution >= 0.6 is 0 Å². The maximum atomic E-state index is 14.1. The summed E-state index contributed by atoms with van der Waals surface area (Å²) in [6.45, 7) is 2.04. The lowest BCUT2D eigenvalue weighted by Gasteiger charge is -2.32. The molecule has 4 amide bonds. The molecule has 5 rings (SSSR count). The van der Waals surface area contributed by atoms with Gasteiger partial charge in [0.15, 0.2) is 6.04 Å². The highest BCUT2D eigenvalue weighted by molar-refractivity contribution is 6.24. The van der Waals surface area contributed by atoms with Crippen molar-refractivity contribution in [2.45, 2.75) is 51.1 Å². The molecule has 1 aliphatic heterocycles. The van der Waals surface area contributed by atoms with Gasteiger partial charge in [-0.2, -0.15) is 0 Å². The molecule has 3 aromatic rings. The summed E-state index contributed by atoms with van der Waals surface area (Å²) in [6, 6.07) is 23.5. The van der Waals surface area contributed by atoms with Crippen molar-refractivity contribution in [3.8, 4) is 0 Å². The number of amides is 4. The molecule has 1 saturated carbocycles. The highest BCUT2D eigenvalue weighted by atomic mass is 16.2. The zero-order valence-corrected chi connectivity index (χ0v) is 21.0. The van der Waals surface area contributed by atoms with E-state index < -0.39 is 23.9 Å². The zero-order valence-electron chi connectivity index (χ0n) is 21.0. The third-order valence-electron chi connectivity index (χ3n) is 7.25. The van der Waals surface area contributed by atoms with Gasteiger partial charge in [0, 0.05) is 17.4 Å². The van der Waals surface area contributed by atoms with Crippen molar-refractivity contribution in [3.63, 3.8) is 0 Å². The smallest absolute Gasteiger partial charge is 0.318 e. The van der Waals surface area contributed by atoms with Crippen molar-refractivity contribution in [1.82, 2.24) is 5.32 Å². The van der Waals surface area contributed by atoms with E-state index in [4.69, 9.17) is 0 Å². The van der Waals surface area contributed by atoms with E-state index in [2.05, 4.69) is 10.6 Å². The van der Waals surface area contributed by atoms with Crippen LogP contribution in [-0.4, -0.2) is 29.9 Å². The molecule has 1 fully saturated rings. The van der Waals surface area contributed by atoms with Crippen LogP contribution in [0.3, 0.4) is 0 Å². The number of urea groups is 1. The SMILES string of the molecule is CC(CC1CCCC1)N1C(=O)C(NC(=O)Nc2ccccc2)C(=O)N(c2ccccc2)c2ccccc21. The van der Waals surface area contributed by atoms with Crippen LogP contribution in [-0.2, 0) is 9.59 Å². The van der Waals surface area contributed by atoms with Crippen LogP contribution in [0.2, 0.25) is 0 Å². The van der Waals surface area contributed by atoms with E-state index in [-0.39, 0.29) is 6.04 Å². The molecule has 0 saturated heterocycles. The van der Waals surface area contributed by atoms with Crippen LogP contribution in [0.15, 0.2) is 84.9 Å². The molecule has 0 radical (unpaired) electrons. The van der Waals surface area contributed by atoms with E-state index in [1.165, 1.54) is 12.8 Å². The molecule has 190 valence electrons. The molecule has 0 aromatic heterocycles. The quantitative estimate of drug-likeness (QED) is 0.420. The lowest BCUT2D eigenvalue weighted by molar-refractivity contribution is -0.128. The number of nitrogens with zero attached hydrogens (tertiary/aromatic N) is 2. The van der Waals surface area contributed by atoms with Crippen molar-refractivity contribution in [1.29, 1.82) is 0 Å². The normalized spacial score (nSPS) is 18.8. The molecule has 2 atom stereocenters. The van der Waals surface area contributed by atoms with E-state index in [0.29, 0.717) is 28.7 Å². The molecule has 37 heavy (non-hydrogen) atoms. The number of hydrogen-bond acceptors (Lipinski definition) is 3. The molecular weight excluding hydrogens is 464 g/mol. The number of anilines is 4. The third-order valence-corrected chi connectivity index (χ3v) is 7.25. The Kier molecular flexibility index (Phi) is 7.21. The Morgan fingerprint density at radius 2 is 1.43 bits per heavy atom. The first-order valence-electron chi connectivity index (χ1n) is 13.0. The lowest BCUT2D eigenvalue weighted by atomic mass is 9.97. The summed E-state index contributed by atoms with van der Waals surface area (Å²) >= 11 is 0. The minimum Gasteiger partial charge on any atom is -0.318 e. The van der Waals surface area contributed by atoms with E-state index in [9.17, 15) is 14.4 Å². The number of carbonyl (C=O) groups is 3. The molecule has 2 N–H and O–H groups in total. The second-order valence-electron chi connectivity index (χ2n) is 9.84. The largest absolute Gasteiger partial charge is 0.320 e. The van der Waals surface area contributed by atoms with Gasteiger partial charge in [0.1, 0.15) is 0 Å². The number of hydrogen-bond donors (Lipinski definition) is 2. The first kappa shape index (κ1) is 24.6. The number of para-hydroxylation sites is 4. The summed E-state index contributed by atoms with van der Waals surface area (Å²) < 4.78 is 0. The molecule has 0 spiro atoms. The average Bonchev–Trinajstić information content (AvgIpc) is 3.39. The highest BCUT2D eigenvalue weighted by Crippen LogP contribution is 2.40. The average molecular weight is 497 g/mol. The summed E-state index contributed by atoms with van der Waals surface area (Å²) in [4.78, 5) is 44.5. The molecule has 0 bridgehead atoms. The Morgan fingerprint density at radius 3 is 2.11 bits per heavy atom. The van der Waals surface area contributed by atoms with Crippen molar-refractivity contribution in [2.75, 3.05) is 15.1 Å². The standard InChI is InChI=1S/C30H32N4O3/c1-21(20-22-12-8-9-13-22)33-25-18-10-11-19-26(25)34(24-16-6-3-7-17-24)29(36)27(28(33)35)32-30(37)31-23-14-4-2-5-15-23/h2-7,10-11,14-19,21-22,27H,8-9,12-13,20H2,1H3,(H2,31,32,37).